The Kier molecular flexibility index (Phi) is 8.62. The Morgan fingerprint density at radius 3 is 1.65 bits per heavy atom. The third-order valence-electron chi connectivity index (χ3n) is 12.6. The van der Waals surface area contributed by atoms with Gasteiger partial charge in [0.1, 0.15) is 0 Å². The van der Waals surface area contributed by atoms with Crippen LogP contribution in [0.5, 0.6) is 0 Å². The third kappa shape index (κ3) is 5.78. The number of hydrogen-bond donors (Lipinski definition) is 0. The fourth-order valence-electron chi connectivity index (χ4n) is 9.84. The molecule has 0 spiro atoms. The smallest absolute Gasteiger partial charge is 0.160 e. The predicted octanol–water partition coefficient (Wildman–Crippen LogP) is 15.5. The van der Waals surface area contributed by atoms with Crippen molar-refractivity contribution in [3.63, 3.8) is 0 Å². The van der Waals surface area contributed by atoms with Crippen molar-refractivity contribution < 1.29 is 0 Å². The number of benzene rings is 9. The van der Waals surface area contributed by atoms with Crippen LogP contribution in [-0.4, -0.2) is 9.97 Å². The Morgan fingerprint density at radius 2 is 0.871 bits per heavy atom. The predicted molar refractivity (Wildman–Crippen MR) is 259 cm³/mol. The molecule has 0 saturated heterocycles. The monoisotopic (exact) mass is 806 g/mol. The van der Waals surface area contributed by atoms with E-state index < -0.39 is 5.41 Å². The van der Waals surface area contributed by atoms with Crippen molar-refractivity contribution in [3.8, 4) is 67.3 Å². The first kappa shape index (κ1) is 36.2. The van der Waals surface area contributed by atoms with Crippen LogP contribution in [0.2, 0.25) is 0 Å². The number of aromatic nitrogens is 2. The fraction of sp³-hybridized carbons (Fsp3) is 0.0169. The molecule has 62 heavy (non-hydrogen) atoms. The van der Waals surface area contributed by atoms with Gasteiger partial charge in [-0.3, -0.25) is 0 Å². The van der Waals surface area contributed by atoms with Crippen molar-refractivity contribution in [1.82, 2.24) is 9.97 Å². The number of thiophene rings is 1. The quantitative estimate of drug-likeness (QED) is 0.160. The summed E-state index contributed by atoms with van der Waals surface area (Å²) in [5, 5.41) is 2.61. The summed E-state index contributed by atoms with van der Waals surface area (Å²) in [5.74, 6) is 0.696. The summed E-state index contributed by atoms with van der Waals surface area (Å²) in [4.78, 5) is 10.7. The van der Waals surface area contributed by atoms with Gasteiger partial charge in [-0.25, -0.2) is 9.97 Å². The summed E-state index contributed by atoms with van der Waals surface area (Å²) in [6.07, 6.45) is 0. The van der Waals surface area contributed by atoms with E-state index in [1.54, 1.807) is 0 Å². The zero-order chi connectivity index (χ0) is 41.0. The lowest BCUT2D eigenvalue weighted by Crippen LogP contribution is -2.28. The van der Waals surface area contributed by atoms with Gasteiger partial charge in [-0.2, -0.15) is 0 Å². The topological polar surface area (TPSA) is 25.8 Å². The van der Waals surface area contributed by atoms with E-state index in [0.29, 0.717) is 5.82 Å². The van der Waals surface area contributed by atoms with Gasteiger partial charge in [-0.1, -0.05) is 206 Å². The first-order valence-electron chi connectivity index (χ1n) is 21.1. The van der Waals surface area contributed by atoms with Crippen molar-refractivity contribution >= 4 is 31.5 Å². The Labute approximate surface area is 365 Å². The highest BCUT2D eigenvalue weighted by Gasteiger charge is 2.46. The highest BCUT2D eigenvalue weighted by molar-refractivity contribution is 7.26. The average Bonchev–Trinajstić information content (AvgIpc) is 3.89. The maximum atomic E-state index is 5.33. The molecular weight excluding hydrogens is 769 g/mol. The Balaban J connectivity index is 1.02. The van der Waals surface area contributed by atoms with E-state index in [-0.39, 0.29) is 0 Å². The summed E-state index contributed by atoms with van der Waals surface area (Å²) >= 11 is 1.87. The SMILES string of the molecule is c1ccc(-c2nc(-c3ccc4c(c3)-c3ccccc3C4(c3ccccc3)c3ccccc3)cc(-c3ccccc3-c3cccc(-c4cccc5c4sc4ccccc45)c3)n2)cc1. The molecule has 0 fully saturated rings. The first-order chi connectivity index (χ1) is 30.7. The van der Waals surface area contributed by atoms with E-state index in [4.69, 9.17) is 9.97 Å². The van der Waals surface area contributed by atoms with Crippen molar-refractivity contribution in [2.24, 2.45) is 0 Å². The number of fused-ring (bicyclic) bond motifs is 6. The van der Waals surface area contributed by atoms with Gasteiger partial charge in [0.2, 0.25) is 0 Å². The standard InChI is InChI=1S/C59H38N2S/c1-4-18-39(19-5-1)58-60-54(42-34-35-53-51(37-42)47-27-12-14-32-52(47)59(53,43-22-6-2-7-23-43)44-24-8-3-9-25-44)38-55(61-58)48-28-11-10-26-45(48)40-20-16-21-41(36-40)46-30-17-31-50-49-29-13-15-33-56(49)62-57(46)50/h1-38H. The van der Waals surface area contributed by atoms with Crippen molar-refractivity contribution in [2.45, 2.75) is 5.41 Å². The Bertz CT molecular complexity index is 3420. The first-order valence-corrected chi connectivity index (χ1v) is 22.0. The van der Waals surface area contributed by atoms with E-state index in [0.717, 1.165) is 39.2 Å². The molecule has 0 bridgehead atoms. The minimum absolute atomic E-state index is 0.463. The van der Waals surface area contributed by atoms with Gasteiger partial charge in [0.05, 0.1) is 16.8 Å². The van der Waals surface area contributed by atoms with E-state index >= 15 is 0 Å². The van der Waals surface area contributed by atoms with E-state index in [2.05, 4.69) is 224 Å². The largest absolute Gasteiger partial charge is 0.228 e. The van der Waals surface area contributed by atoms with Crippen LogP contribution in [0, 0.1) is 0 Å². The lowest BCUT2D eigenvalue weighted by Gasteiger charge is -2.33. The lowest BCUT2D eigenvalue weighted by atomic mass is 9.67. The van der Waals surface area contributed by atoms with Crippen LogP contribution in [0.1, 0.15) is 22.3 Å². The molecule has 1 aliphatic carbocycles. The number of nitrogens with zero attached hydrogens (tertiary/aromatic N) is 2. The summed E-state index contributed by atoms with van der Waals surface area (Å²) in [5.41, 5.74) is 16.6. The molecule has 3 heteroatoms. The van der Waals surface area contributed by atoms with Crippen molar-refractivity contribution in [1.29, 1.82) is 0 Å². The Morgan fingerprint density at radius 1 is 0.323 bits per heavy atom. The van der Waals surface area contributed by atoms with Crippen LogP contribution in [-0.2, 0) is 5.41 Å². The molecule has 2 nitrogen and oxygen atoms in total. The fourth-order valence-corrected chi connectivity index (χ4v) is 11.1. The molecule has 0 amide bonds. The molecule has 2 heterocycles. The zero-order valence-corrected chi connectivity index (χ0v) is 34.6. The van der Waals surface area contributed by atoms with Crippen LogP contribution < -0.4 is 0 Å². The van der Waals surface area contributed by atoms with Gasteiger partial charge in [0.15, 0.2) is 5.82 Å². The summed E-state index contributed by atoms with van der Waals surface area (Å²) in [6, 6.07) is 83.3. The van der Waals surface area contributed by atoms with Crippen LogP contribution in [0.4, 0.5) is 0 Å². The molecule has 9 aromatic carbocycles. The second-order valence-corrected chi connectivity index (χ2v) is 17.1. The summed E-state index contributed by atoms with van der Waals surface area (Å²) in [7, 11) is 0. The van der Waals surface area contributed by atoms with E-state index in [1.807, 2.05) is 17.4 Å². The number of rotatable bonds is 7. The minimum atomic E-state index is -0.463. The van der Waals surface area contributed by atoms with Gasteiger partial charge in [-0.05, 0) is 79.9 Å². The maximum absolute atomic E-state index is 5.33. The molecule has 0 aliphatic heterocycles. The highest BCUT2D eigenvalue weighted by atomic mass is 32.1. The molecule has 0 N–H and O–H groups in total. The molecule has 0 unspecified atom stereocenters. The number of hydrogen-bond acceptors (Lipinski definition) is 3. The molecule has 0 saturated carbocycles. The summed E-state index contributed by atoms with van der Waals surface area (Å²) < 4.78 is 2.62. The zero-order valence-electron chi connectivity index (χ0n) is 33.7. The van der Waals surface area contributed by atoms with Gasteiger partial charge in [0.25, 0.3) is 0 Å². The van der Waals surface area contributed by atoms with Crippen molar-refractivity contribution in [2.75, 3.05) is 0 Å². The molecule has 2 aromatic heterocycles. The molecule has 1 aliphatic rings. The van der Waals surface area contributed by atoms with Crippen LogP contribution in [0.25, 0.3) is 87.5 Å². The minimum Gasteiger partial charge on any atom is -0.228 e. The Hall–Kier alpha value is -7.72. The van der Waals surface area contributed by atoms with Crippen LogP contribution in [0.3, 0.4) is 0 Å². The van der Waals surface area contributed by atoms with Gasteiger partial charge < -0.3 is 0 Å². The second kappa shape index (κ2) is 14.8. The van der Waals surface area contributed by atoms with E-state index in [1.165, 1.54) is 64.7 Å². The van der Waals surface area contributed by atoms with Crippen molar-refractivity contribution in [3.05, 3.63) is 253 Å². The average molecular weight is 807 g/mol. The highest BCUT2D eigenvalue weighted by Crippen LogP contribution is 2.56. The molecule has 0 radical (unpaired) electrons. The van der Waals surface area contributed by atoms with E-state index in [9.17, 15) is 0 Å². The lowest BCUT2D eigenvalue weighted by molar-refractivity contribution is 0.768. The van der Waals surface area contributed by atoms with Gasteiger partial charge >= 0.3 is 0 Å². The molecular formula is C59H38N2S. The van der Waals surface area contributed by atoms with Gasteiger partial charge in [0, 0.05) is 36.9 Å². The van der Waals surface area contributed by atoms with Crippen LogP contribution in [0.15, 0.2) is 231 Å². The molecule has 290 valence electrons. The third-order valence-corrected chi connectivity index (χ3v) is 13.8. The summed E-state index contributed by atoms with van der Waals surface area (Å²) in [6.45, 7) is 0. The maximum Gasteiger partial charge on any atom is 0.160 e. The normalized spacial score (nSPS) is 12.6. The molecule has 11 aromatic rings. The molecule has 12 rings (SSSR count). The molecule has 0 atom stereocenters. The van der Waals surface area contributed by atoms with Crippen LogP contribution >= 0.6 is 11.3 Å². The second-order valence-electron chi connectivity index (χ2n) is 16.0. The van der Waals surface area contributed by atoms with Gasteiger partial charge in [-0.15, -0.1) is 11.3 Å².